The van der Waals surface area contributed by atoms with E-state index in [1.807, 2.05) is 18.2 Å². The van der Waals surface area contributed by atoms with E-state index >= 15 is 0 Å². The Kier molecular flexibility index (Phi) is 44.9. The van der Waals surface area contributed by atoms with Gasteiger partial charge in [-0.1, -0.05) is 214 Å². The SMILES string of the molecule is CC/C=C\C/C=C\C/C=C\C/C=C\C/C=C\C/C=C\CCC(=O)OC1C(OCC(NC(=O)C(O)CCCC/C=C\CCCCCCCC)C(O)/C=C/CCCCCCCCCCCC)OC(CO)C(O)C1O. The van der Waals surface area contributed by atoms with E-state index in [0.29, 0.717) is 19.3 Å². The summed E-state index contributed by atoms with van der Waals surface area (Å²) >= 11 is 0. The van der Waals surface area contributed by atoms with Crippen molar-refractivity contribution in [1.82, 2.24) is 5.32 Å². The Morgan fingerprint density at radius 1 is 0.556 bits per heavy atom. The minimum atomic E-state index is -1.65. The van der Waals surface area contributed by atoms with Gasteiger partial charge in [-0.3, -0.25) is 9.59 Å². The maximum absolute atomic E-state index is 13.3. The maximum atomic E-state index is 13.3. The van der Waals surface area contributed by atoms with Crippen molar-refractivity contribution < 1.29 is 49.3 Å². The van der Waals surface area contributed by atoms with Gasteiger partial charge in [-0.25, -0.2) is 0 Å². The lowest BCUT2D eigenvalue weighted by Crippen LogP contribution is -2.61. The average Bonchev–Trinajstić information content (AvgIpc) is 3.38. The smallest absolute Gasteiger partial charge is 0.306 e. The molecular formula is C61H103NO10. The first-order valence-electron chi connectivity index (χ1n) is 28.5. The normalized spacial score (nSPS) is 20.2. The van der Waals surface area contributed by atoms with Crippen LogP contribution in [0.25, 0.3) is 0 Å². The summed E-state index contributed by atoms with van der Waals surface area (Å²) in [6.45, 7) is 5.59. The lowest BCUT2D eigenvalue weighted by atomic mass is 9.99. The number of aliphatic hydroxyl groups excluding tert-OH is 5. The molecule has 0 aromatic rings. The minimum absolute atomic E-state index is 0.00770. The highest BCUT2D eigenvalue weighted by atomic mass is 16.7. The van der Waals surface area contributed by atoms with E-state index in [1.165, 1.54) is 83.5 Å². The number of carbonyl (C=O) groups excluding carboxylic acids is 2. The molecule has 1 aliphatic rings. The van der Waals surface area contributed by atoms with Crippen LogP contribution < -0.4 is 5.32 Å². The molecule has 0 aromatic carbocycles. The zero-order valence-electron chi connectivity index (χ0n) is 45.3. The van der Waals surface area contributed by atoms with Gasteiger partial charge in [-0.2, -0.15) is 0 Å². The Labute approximate surface area is 437 Å². The Hall–Kier alpha value is -3.42. The molecule has 11 heteroatoms. The van der Waals surface area contributed by atoms with Gasteiger partial charge in [0.1, 0.15) is 24.4 Å². The number of aliphatic hydroxyl groups is 5. The third kappa shape index (κ3) is 36.5. The summed E-state index contributed by atoms with van der Waals surface area (Å²) in [7, 11) is 0. The zero-order chi connectivity index (χ0) is 52.5. The second kappa shape index (κ2) is 48.5. The first-order chi connectivity index (χ1) is 35.2. The van der Waals surface area contributed by atoms with E-state index in [-0.39, 0.29) is 19.4 Å². The molecule has 8 unspecified atom stereocenters. The molecule has 1 heterocycles. The first kappa shape index (κ1) is 66.6. The van der Waals surface area contributed by atoms with Crippen molar-refractivity contribution in [3.05, 3.63) is 97.2 Å². The minimum Gasteiger partial charge on any atom is -0.454 e. The maximum Gasteiger partial charge on any atom is 0.306 e. The molecular weight excluding hydrogens is 907 g/mol. The predicted octanol–water partition coefficient (Wildman–Crippen LogP) is 12.8. The van der Waals surface area contributed by atoms with Crippen LogP contribution in [0, 0.1) is 0 Å². The van der Waals surface area contributed by atoms with Crippen LogP contribution in [0.2, 0.25) is 0 Å². The summed E-state index contributed by atoms with van der Waals surface area (Å²) in [5.74, 6) is -1.31. The Morgan fingerprint density at radius 2 is 1.00 bits per heavy atom. The molecule has 8 atom stereocenters. The molecule has 1 rings (SSSR count). The summed E-state index contributed by atoms with van der Waals surface area (Å²) < 4.78 is 17.5. The summed E-state index contributed by atoms with van der Waals surface area (Å²) in [4.78, 5) is 26.4. The number of nitrogens with one attached hydrogen (secondary N) is 1. The van der Waals surface area contributed by atoms with Gasteiger partial charge < -0.3 is 45.1 Å². The third-order valence-electron chi connectivity index (χ3n) is 12.7. The quantitative estimate of drug-likeness (QED) is 0.0196. The lowest BCUT2D eigenvalue weighted by Gasteiger charge is -2.41. The van der Waals surface area contributed by atoms with E-state index in [9.17, 15) is 35.1 Å². The van der Waals surface area contributed by atoms with Crippen LogP contribution >= 0.6 is 0 Å². The van der Waals surface area contributed by atoms with Crippen LogP contribution in [-0.4, -0.2) is 99.6 Å². The number of carbonyl (C=O) groups is 2. The Morgan fingerprint density at radius 3 is 1.50 bits per heavy atom. The van der Waals surface area contributed by atoms with Crippen LogP contribution in [0.5, 0.6) is 0 Å². The molecule has 1 aliphatic heterocycles. The highest BCUT2D eigenvalue weighted by Gasteiger charge is 2.47. The molecule has 72 heavy (non-hydrogen) atoms. The fourth-order valence-electron chi connectivity index (χ4n) is 8.20. The number of rotatable bonds is 46. The summed E-state index contributed by atoms with van der Waals surface area (Å²) in [6, 6.07) is -1.05. The lowest BCUT2D eigenvalue weighted by molar-refractivity contribution is -0.305. The molecule has 11 nitrogen and oxygen atoms in total. The largest absolute Gasteiger partial charge is 0.454 e. The van der Waals surface area contributed by atoms with Crippen molar-refractivity contribution in [2.75, 3.05) is 13.2 Å². The van der Waals surface area contributed by atoms with Crippen molar-refractivity contribution in [1.29, 1.82) is 0 Å². The molecule has 0 saturated carbocycles. The molecule has 412 valence electrons. The van der Waals surface area contributed by atoms with Gasteiger partial charge >= 0.3 is 5.97 Å². The second-order valence-electron chi connectivity index (χ2n) is 19.3. The van der Waals surface area contributed by atoms with Crippen LogP contribution in [0.1, 0.15) is 213 Å². The number of hydrogen-bond donors (Lipinski definition) is 6. The summed E-state index contributed by atoms with van der Waals surface area (Å²) in [6.07, 6.45) is 53.2. The van der Waals surface area contributed by atoms with Gasteiger partial charge in [0.05, 0.1) is 25.4 Å². The highest BCUT2D eigenvalue weighted by molar-refractivity contribution is 5.80. The molecule has 6 N–H and O–H groups in total. The fraction of sp³-hybridized carbons (Fsp3) is 0.705. The van der Waals surface area contributed by atoms with Gasteiger partial charge in [0.2, 0.25) is 5.91 Å². The van der Waals surface area contributed by atoms with Crippen LogP contribution in [0.4, 0.5) is 0 Å². The number of allylic oxidation sites excluding steroid dienone is 15. The van der Waals surface area contributed by atoms with Gasteiger partial charge in [0.25, 0.3) is 0 Å². The van der Waals surface area contributed by atoms with E-state index in [1.54, 1.807) is 6.08 Å². The molecule has 1 amide bonds. The van der Waals surface area contributed by atoms with Gasteiger partial charge in [-0.15, -0.1) is 0 Å². The molecule has 0 spiro atoms. The number of esters is 1. The monoisotopic (exact) mass is 1010 g/mol. The third-order valence-corrected chi connectivity index (χ3v) is 12.7. The first-order valence-corrected chi connectivity index (χ1v) is 28.5. The van der Waals surface area contributed by atoms with Crippen LogP contribution in [-0.2, 0) is 23.8 Å². The van der Waals surface area contributed by atoms with E-state index in [2.05, 4.69) is 99.0 Å². The molecule has 0 aliphatic carbocycles. The van der Waals surface area contributed by atoms with E-state index in [0.717, 1.165) is 77.0 Å². The Balaban J connectivity index is 2.79. The topological polar surface area (TPSA) is 175 Å². The van der Waals surface area contributed by atoms with Crippen LogP contribution in [0.3, 0.4) is 0 Å². The molecule has 1 saturated heterocycles. The van der Waals surface area contributed by atoms with Gasteiger partial charge in [0.15, 0.2) is 12.4 Å². The number of hydrogen-bond acceptors (Lipinski definition) is 10. The molecule has 0 aromatic heterocycles. The van der Waals surface area contributed by atoms with Crippen molar-refractivity contribution in [2.45, 2.75) is 262 Å². The standard InChI is InChI=1S/C61H103NO10/c1-4-7-10-13-16-19-22-25-26-27-28-29-30-31-34-37-40-43-46-49-56(66)72-59-58(68)57(67)55(50-63)71-61(59)70-51-52(53(64)47-44-41-38-35-32-23-20-17-14-11-8-5-2)62-60(69)54(65)48-45-42-39-36-33-24-21-18-15-12-9-6-3/h7,10,16,19,25-26,28-29,31,33-34,36,40,43-44,47,52-55,57-59,61,63-65,67-68H,4-6,8-9,11-15,17-18,20-24,27,30,32,35,37-39,41-42,45-46,48-51H2,1-3H3,(H,62,69)/b10-7-,19-16-,26-25-,29-28-,34-31-,36-33-,43-40-,47-44+. The van der Waals surface area contributed by atoms with Gasteiger partial charge in [-0.05, 0) is 89.9 Å². The molecule has 0 bridgehead atoms. The van der Waals surface area contributed by atoms with Crippen molar-refractivity contribution in [3.63, 3.8) is 0 Å². The zero-order valence-corrected chi connectivity index (χ0v) is 45.3. The van der Waals surface area contributed by atoms with Crippen molar-refractivity contribution in [2.24, 2.45) is 0 Å². The Bertz CT molecular complexity index is 1530. The number of unbranched alkanes of at least 4 members (excludes halogenated alkanes) is 18. The van der Waals surface area contributed by atoms with Crippen molar-refractivity contribution in [3.8, 4) is 0 Å². The fourth-order valence-corrected chi connectivity index (χ4v) is 8.20. The van der Waals surface area contributed by atoms with Crippen molar-refractivity contribution >= 4 is 11.9 Å². The van der Waals surface area contributed by atoms with Crippen LogP contribution in [0.15, 0.2) is 97.2 Å². The second-order valence-corrected chi connectivity index (χ2v) is 19.3. The van der Waals surface area contributed by atoms with Gasteiger partial charge in [0, 0.05) is 6.42 Å². The predicted molar refractivity (Wildman–Crippen MR) is 296 cm³/mol. The highest BCUT2D eigenvalue weighted by Crippen LogP contribution is 2.26. The van der Waals surface area contributed by atoms with E-state index < -0.39 is 67.4 Å². The summed E-state index contributed by atoms with van der Waals surface area (Å²) in [5.41, 5.74) is 0. The van der Waals surface area contributed by atoms with E-state index in [4.69, 9.17) is 14.2 Å². The average molecular weight is 1010 g/mol. The number of ether oxygens (including phenoxy) is 3. The molecule has 1 fully saturated rings. The number of amides is 1. The molecule has 0 radical (unpaired) electrons. The summed E-state index contributed by atoms with van der Waals surface area (Å²) in [5, 5.41) is 56.7.